The lowest BCUT2D eigenvalue weighted by atomic mass is 9.93. The molecule has 0 saturated carbocycles. The van der Waals surface area contributed by atoms with E-state index in [1.807, 2.05) is 35.2 Å². The molecule has 4 heteroatoms. The van der Waals surface area contributed by atoms with Crippen LogP contribution in [0, 0.1) is 5.92 Å². The molecule has 2 N–H and O–H groups in total. The van der Waals surface area contributed by atoms with E-state index in [-0.39, 0.29) is 18.3 Å². The van der Waals surface area contributed by atoms with E-state index in [1.54, 1.807) is 0 Å². The lowest BCUT2D eigenvalue weighted by Crippen LogP contribution is -2.48. The number of rotatable bonds is 5. The van der Waals surface area contributed by atoms with Crippen LogP contribution in [0.3, 0.4) is 0 Å². The van der Waals surface area contributed by atoms with E-state index in [2.05, 4.69) is 6.92 Å². The van der Waals surface area contributed by atoms with Crippen LogP contribution < -0.4 is 5.73 Å². The highest BCUT2D eigenvalue weighted by Crippen LogP contribution is 2.21. The maximum atomic E-state index is 12.5. The second kappa shape index (κ2) is 9.06. The number of carbonyl (C=O) groups excluding carboxylic acids is 1. The van der Waals surface area contributed by atoms with Crippen LogP contribution in [-0.2, 0) is 11.2 Å². The highest BCUT2D eigenvalue weighted by molar-refractivity contribution is 5.85. The zero-order chi connectivity index (χ0) is 14.4. The largest absolute Gasteiger partial charge is 0.341 e. The fraction of sp³-hybridized carbons (Fsp3) is 0.588. The van der Waals surface area contributed by atoms with Crippen molar-refractivity contribution >= 4 is 18.3 Å². The molecule has 1 aromatic carbocycles. The molecule has 0 bridgehead atoms. The number of benzene rings is 1. The molecule has 1 fully saturated rings. The first-order valence-electron chi connectivity index (χ1n) is 7.79. The van der Waals surface area contributed by atoms with E-state index >= 15 is 0 Å². The van der Waals surface area contributed by atoms with Crippen molar-refractivity contribution in [2.75, 3.05) is 13.1 Å². The topological polar surface area (TPSA) is 46.3 Å². The monoisotopic (exact) mass is 310 g/mol. The lowest BCUT2D eigenvalue weighted by Gasteiger charge is -2.34. The summed E-state index contributed by atoms with van der Waals surface area (Å²) in [6, 6.07) is 9.62. The number of hydrogen-bond acceptors (Lipinski definition) is 2. The summed E-state index contributed by atoms with van der Waals surface area (Å²) in [6.45, 7) is 3.98. The van der Waals surface area contributed by atoms with Gasteiger partial charge in [0, 0.05) is 13.1 Å². The summed E-state index contributed by atoms with van der Waals surface area (Å²) in [5.74, 6) is 0.788. The number of halogens is 1. The smallest absolute Gasteiger partial charge is 0.239 e. The summed E-state index contributed by atoms with van der Waals surface area (Å²) >= 11 is 0. The maximum Gasteiger partial charge on any atom is 0.239 e. The molecule has 21 heavy (non-hydrogen) atoms. The predicted octanol–water partition coefficient (Wildman–Crippen LogP) is 3.02. The number of likely N-dealkylation sites (tertiary alicyclic amines) is 1. The summed E-state index contributed by atoms with van der Waals surface area (Å²) in [5.41, 5.74) is 7.24. The Kier molecular flexibility index (Phi) is 7.76. The number of hydrogen-bond donors (Lipinski definition) is 1. The minimum absolute atomic E-state index is 0. The molecule has 1 aliphatic rings. The van der Waals surface area contributed by atoms with Crippen molar-refractivity contribution in [1.29, 1.82) is 0 Å². The molecule has 1 aliphatic heterocycles. The van der Waals surface area contributed by atoms with Gasteiger partial charge in [-0.2, -0.15) is 0 Å². The molecule has 0 spiro atoms. The summed E-state index contributed by atoms with van der Waals surface area (Å²) < 4.78 is 0. The van der Waals surface area contributed by atoms with Crippen LogP contribution in [0.15, 0.2) is 30.3 Å². The Morgan fingerprint density at radius 1 is 1.38 bits per heavy atom. The molecule has 1 saturated heterocycles. The Morgan fingerprint density at radius 2 is 2.10 bits per heavy atom. The third kappa shape index (κ3) is 5.33. The Hall–Kier alpha value is -1.06. The van der Waals surface area contributed by atoms with Gasteiger partial charge < -0.3 is 10.6 Å². The number of nitrogens with two attached hydrogens (primary N) is 1. The van der Waals surface area contributed by atoms with Crippen LogP contribution in [0.5, 0.6) is 0 Å². The van der Waals surface area contributed by atoms with Gasteiger partial charge in [0.2, 0.25) is 5.91 Å². The Balaban J connectivity index is 0.00000220. The summed E-state index contributed by atoms with van der Waals surface area (Å²) in [4.78, 5) is 14.4. The molecule has 1 aromatic rings. The normalized spacial score (nSPS) is 19.7. The van der Waals surface area contributed by atoms with Crippen LogP contribution >= 0.6 is 12.4 Å². The average Bonchev–Trinajstić information content (AvgIpc) is 2.48. The van der Waals surface area contributed by atoms with E-state index in [1.165, 1.54) is 19.3 Å². The third-order valence-electron chi connectivity index (χ3n) is 4.14. The highest BCUT2D eigenvalue weighted by atomic mass is 35.5. The minimum Gasteiger partial charge on any atom is -0.341 e. The van der Waals surface area contributed by atoms with Crippen molar-refractivity contribution in [2.45, 2.75) is 45.1 Å². The number of carbonyl (C=O) groups is 1. The van der Waals surface area contributed by atoms with Gasteiger partial charge in [0.1, 0.15) is 0 Å². The molecule has 0 aromatic heterocycles. The molecule has 3 nitrogen and oxygen atoms in total. The standard InChI is InChI=1S/C17H26N2O.ClH/c1-2-7-15-10-6-11-19(13-15)17(20)16(18)12-14-8-4-3-5-9-14;/h3-5,8-9,15-16H,2,6-7,10-13,18H2,1H3;1H/t15?,16-;/m0./s1. The van der Waals surface area contributed by atoms with E-state index in [0.717, 1.165) is 25.1 Å². The van der Waals surface area contributed by atoms with E-state index in [4.69, 9.17) is 5.73 Å². The number of amides is 1. The maximum absolute atomic E-state index is 12.5. The number of piperidine rings is 1. The van der Waals surface area contributed by atoms with Gasteiger partial charge in [0.05, 0.1) is 6.04 Å². The highest BCUT2D eigenvalue weighted by Gasteiger charge is 2.26. The SMILES string of the molecule is CCCC1CCCN(C(=O)[C@@H](N)Cc2ccccc2)C1.Cl. The molecular weight excluding hydrogens is 284 g/mol. The molecule has 118 valence electrons. The fourth-order valence-electron chi connectivity index (χ4n) is 3.10. The van der Waals surface area contributed by atoms with Crippen molar-refractivity contribution in [1.82, 2.24) is 4.90 Å². The first-order valence-corrected chi connectivity index (χ1v) is 7.79. The van der Waals surface area contributed by atoms with Gasteiger partial charge in [0.25, 0.3) is 0 Å². The second-order valence-corrected chi connectivity index (χ2v) is 5.88. The van der Waals surface area contributed by atoms with Crippen molar-refractivity contribution in [3.8, 4) is 0 Å². The lowest BCUT2D eigenvalue weighted by molar-refractivity contribution is -0.134. The zero-order valence-corrected chi connectivity index (χ0v) is 13.6. The van der Waals surface area contributed by atoms with Gasteiger partial charge in [-0.25, -0.2) is 0 Å². The quantitative estimate of drug-likeness (QED) is 0.908. The molecule has 0 aliphatic carbocycles. The fourth-order valence-corrected chi connectivity index (χ4v) is 3.10. The molecule has 0 radical (unpaired) electrons. The predicted molar refractivity (Wildman–Crippen MR) is 89.6 cm³/mol. The van der Waals surface area contributed by atoms with Crippen molar-refractivity contribution in [3.63, 3.8) is 0 Å². The Labute approximate surface area is 134 Å². The van der Waals surface area contributed by atoms with Gasteiger partial charge in [-0.1, -0.05) is 43.7 Å². The first kappa shape index (κ1) is 18.0. The molecular formula is C17H27ClN2O. The van der Waals surface area contributed by atoms with Crippen molar-refractivity contribution in [2.24, 2.45) is 11.7 Å². The third-order valence-corrected chi connectivity index (χ3v) is 4.14. The van der Waals surface area contributed by atoms with Gasteiger partial charge in [-0.15, -0.1) is 12.4 Å². The average molecular weight is 311 g/mol. The van der Waals surface area contributed by atoms with Crippen LogP contribution in [0.2, 0.25) is 0 Å². The molecule has 1 amide bonds. The van der Waals surface area contributed by atoms with E-state index < -0.39 is 6.04 Å². The van der Waals surface area contributed by atoms with E-state index in [0.29, 0.717) is 12.3 Å². The van der Waals surface area contributed by atoms with Gasteiger partial charge in [-0.3, -0.25) is 4.79 Å². The Bertz CT molecular complexity index is 422. The van der Waals surface area contributed by atoms with Crippen molar-refractivity contribution < 1.29 is 4.79 Å². The summed E-state index contributed by atoms with van der Waals surface area (Å²) in [5, 5.41) is 0. The zero-order valence-electron chi connectivity index (χ0n) is 12.8. The van der Waals surface area contributed by atoms with Crippen LogP contribution in [0.1, 0.15) is 38.2 Å². The summed E-state index contributed by atoms with van der Waals surface area (Å²) in [7, 11) is 0. The molecule has 2 atom stereocenters. The first-order chi connectivity index (χ1) is 9.70. The van der Waals surface area contributed by atoms with Crippen molar-refractivity contribution in [3.05, 3.63) is 35.9 Å². The summed E-state index contributed by atoms with van der Waals surface area (Å²) in [6.07, 6.45) is 5.43. The van der Waals surface area contributed by atoms with Crippen LogP contribution in [0.25, 0.3) is 0 Å². The molecule has 2 rings (SSSR count). The second-order valence-electron chi connectivity index (χ2n) is 5.88. The van der Waals surface area contributed by atoms with Gasteiger partial charge >= 0.3 is 0 Å². The van der Waals surface area contributed by atoms with Crippen LogP contribution in [-0.4, -0.2) is 29.9 Å². The molecule has 1 heterocycles. The minimum atomic E-state index is -0.405. The van der Waals surface area contributed by atoms with E-state index in [9.17, 15) is 4.79 Å². The van der Waals surface area contributed by atoms with Gasteiger partial charge in [-0.05, 0) is 37.2 Å². The Morgan fingerprint density at radius 3 is 2.76 bits per heavy atom. The molecule has 1 unspecified atom stereocenters. The van der Waals surface area contributed by atoms with Gasteiger partial charge in [0.15, 0.2) is 0 Å². The number of nitrogens with zero attached hydrogens (tertiary/aromatic N) is 1. The van der Waals surface area contributed by atoms with Crippen LogP contribution in [0.4, 0.5) is 0 Å².